The largest absolute Gasteiger partial charge is 0.378 e. The smallest absolute Gasteiger partial charge is 0.0661 e. The van der Waals surface area contributed by atoms with E-state index in [0.29, 0.717) is 17.6 Å². The van der Waals surface area contributed by atoms with Gasteiger partial charge in [-0.3, -0.25) is 0 Å². The number of hydrogen-bond donors (Lipinski definition) is 1. The van der Waals surface area contributed by atoms with E-state index in [9.17, 15) is 0 Å². The molecule has 0 aromatic carbocycles. The maximum atomic E-state index is 5.97. The van der Waals surface area contributed by atoms with Crippen molar-refractivity contribution in [1.29, 1.82) is 0 Å². The van der Waals surface area contributed by atoms with Gasteiger partial charge in [0, 0.05) is 24.1 Å². The van der Waals surface area contributed by atoms with Gasteiger partial charge < -0.3 is 10.1 Å². The maximum Gasteiger partial charge on any atom is 0.0661 e. The summed E-state index contributed by atoms with van der Waals surface area (Å²) in [6.07, 6.45) is 11.3. The molecule has 2 rings (SSSR count). The predicted octanol–water partition coefficient (Wildman–Crippen LogP) is 3.89. The van der Waals surface area contributed by atoms with Crippen LogP contribution in [0.15, 0.2) is 0 Å². The van der Waals surface area contributed by atoms with Crippen molar-refractivity contribution < 1.29 is 4.74 Å². The van der Waals surface area contributed by atoms with Crippen molar-refractivity contribution in [2.45, 2.75) is 90.3 Å². The van der Waals surface area contributed by atoms with Crippen molar-refractivity contribution in [2.75, 3.05) is 6.61 Å². The van der Waals surface area contributed by atoms with Crippen LogP contribution in [0.1, 0.15) is 72.1 Å². The number of ether oxygens (including phenoxy) is 1. The van der Waals surface area contributed by atoms with Gasteiger partial charge in [-0.2, -0.15) is 0 Å². The molecular formula is C16H31NO. The zero-order chi connectivity index (χ0) is 13.0. The molecule has 0 aromatic rings. The lowest BCUT2D eigenvalue weighted by Gasteiger charge is -2.55. The standard InChI is InChI=1S/C16H31NO/c1-4-6-9-13(3)17-14-12-15(18-5-2)16(14)10-7-8-11-16/h13-15,17H,4-12H2,1-3H3. The van der Waals surface area contributed by atoms with E-state index in [2.05, 4.69) is 26.1 Å². The van der Waals surface area contributed by atoms with E-state index in [1.165, 1.54) is 51.4 Å². The Bertz CT molecular complexity index is 247. The van der Waals surface area contributed by atoms with Crippen molar-refractivity contribution in [3.05, 3.63) is 0 Å². The Labute approximate surface area is 113 Å². The average molecular weight is 253 g/mol. The van der Waals surface area contributed by atoms with Gasteiger partial charge >= 0.3 is 0 Å². The lowest BCUT2D eigenvalue weighted by Crippen LogP contribution is -2.64. The molecule has 18 heavy (non-hydrogen) atoms. The van der Waals surface area contributed by atoms with Crippen molar-refractivity contribution in [1.82, 2.24) is 5.32 Å². The monoisotopic (exact) mass is 253 g/mol. The fourth-order valence-corrected chi connectivity index (χ4v) is 4.06. The van der Waals surface area contributed by atoms with Crippen LogP contribution in [0.25, 0.3) is 0 Å². The molecule has 0 heterocycles. The topological polar surface area (TPSA) is 21.3 Å². The third kappa shape index (κ3) is 2.75. The minimum atomic E-state index is 0.497. The summed E-state index contributed by atoms with van der Waals surface area (Å²) >= 11 is 0. The van der Waals surface area contributed by atoms with Crippen LogP contribution < -0.4 is 5.32 Å². The highest BCUT2D eigenvalue weighted by Gasteiger charge is 2.56. The van der Waals surface area contributed by atoms with Gasteiger partial charge in [0.05, 0.1) is 6.10 Å². The molecule has 0 aromatic heterocycles. The lowest BCUT2D eigenvalue weighted by atomic mass is 9.60. The van der Waals surface area contributed by atoms with Crippen LogP contribution >= 0.6 is 0 Å². The van der Waals surface area contributed by atoms with Crippen LogP contribution in [0, 0.1) is 5.41 Å². The molecule has 106 valence electrons. The Kier molecular flexibility index (Phi) is 5.08. The van der Waals surface area contributed by atoms with E-state index in [-0.39, 0.29) is 0 Å². The number of rotatable bonds is 7. The highest BCUT2D eigenvalue weighted by molar-refractivity contribution is 5.10. The zero-order valence-electron chi connectivity index (χ0n) is 12.5. The van der Waals surface area contributed by atoms with E-state index in [0.717, 1.165) is 12.6 Å². The molecule has 2 aliphatic rings. The van der Waals surface area contributed by atoms with E-state index < -0.39 is 0 Å². The van der Waals surface area contributed by atoms with Crippen LogP contribution in [-0.2, 0) is 4.74 Å². The van der Waals surface area contributed by atoms with Crippen LogP contribution in [0.2, 0.25) is 0 Å². The first-order valence-corrected chi connectivity index (χ1v) is 8.10. The predicted molar refractivity (Wildman–Crippen MR) is 76.8 cm³/mol. The third-order valence-electron chi connectivity index (χ3n) is 5.16. The minimum absolute atomic E-state index is 0.497. The first-order valence-electron chi connectivity index (χ1n) is 8.10. The molecule has 1 N–H and O–H groups in total. The third-order valence-corrected chi connectivity index (χ3v) is 5.16. The zero-order valence-corrected chi connectivity index (χ0v) is 12.5. The molecule has 3 unspecified atom stereocenters. The molecule has 2 fully saturated rings. The van der Waals surface area contributed by atoms with Crippen molar-refractivity contribution in [3.63, 3.8) is 0 Å². The van der Waals surface area contributed by atoms with Crippen molar-refractivity contribution in [2.24, 2.45) is 5.41 Å². The molecule has 2 aliphatic carbocycles. The molecule has 2 saturated carbocycles. The van der Waals surface area contributed by atoms with Gasteiger partial charge in [-0.15, -0.1) is 0 Å². The van der Waals surface area contributed by atoms with Gasteiger partial charge in [0.1, 0.15) is 0 Å². The van der Waals surface area contributed by atoms with Crippen molar-refractivity contribution in [3.8, 4) is 0 Å². The normalized spacial score (nSPS) is 31.5. The summed E-state index contributed by atoms with van der Waals surface area (Å²) in [4.78, 5) is 0. The molecule has 2 nitrogen and oxygen atoms in total. The quantitative estimate of drug-likeness (QED) is 0.743. The Morgan fingerprint density at radius 1 is 1.28 bits per heavy atom. The molecular weight excluding hydrogens is 222 g/mol. The van der Waals surface area contributed by atoms with Gasteiger partial charge in [-0.05, 0) is 39.5 Å². The van der Waals surface area contributed by atoms with Gasteiger partial charge in [0.2, 0.25) is 0 Å². The highest BCUT2D eigenvalue weighted by atomic mass is 16.5. The molecule has 0 bridgehead atoms. The maximum absolute atomic E-state index is 5.97. The van der Waals surface area contributed by atoms with Crippen LogP contribution in [0.3, 0.4) is 0 Å². The summed E-state index contributed by atoms with van der Waals surface area (Å²) in [6, 6.07) is 1.40. The SMILES string of the molecule is CCCCC(C)NC1CC(OCC)C12CCCC2. The minimum Gasteiger partial charge on any atom is -0.378 e. The van der Waals surface area contributed by atoms with Gasteiger partial charge in [-0.1, -0.05) is 32.6 Å². The van der Waals surface area contributed by atoms with E-state index >= 15 is 0 Å². The Morgan fingerprint density at radius 2 is 2.00 bits per heavy atom. The second-order valence-electron chi connectivity index (χ2n) is 6.38. The molecule has 0 radical (unpaired) electrons. The fraction of sp³-hybridized carbons (Fsp3) is 1.00. The molecule has 1 spiro atoms. The first-order chi connectivity index (χ1) is 8.73. The summed E-state index contributed by atoms with van der Waals surface area (Å²) in [5.41, 5.74) is 0.497. The molecule has 0 saturated heterocycles. The Balaban J connectivity index is 1.85. The van der Waals surface area contributed by atoms with Crippen LogP contribution in [0.4, 0.5) is 0 Å². The second-order valence-corrected chi connectivity index (χ2v) is 6.38. The van der Waals surface area contributed by atoms with E-state index in [1.54, 1.807) is 0 Å². The lowest BCUT2D eigenvalue weighted by molar-refractivity contribution is -0.132. The number of hydrogen-bond acceptors (Lipinski definition) is 2. The van der Waals surface area contributed by atoms with Gasteiger partial charge in [0.15, 0.2) is 0 Å². The van der Waals surface area contributed by atoms with E-state index in [4.69, 9.17) is 4.74 Å². The number of unbranched alkanes of at least 4 members (excludes halogenated alkanes) is 1. The summed E-state index contributed by atoms with van der Waals surface area (Å²) in [7, 11) is 0. The molecule has 3 atom stereocenters. The summed E-state index contributed by atoms with van der Waals surface area (Å²) in [5.74, 6) is 0. The molecule has 2 heteroatoms. The first kappa shape index (κ1) is 14.3. The number of nitrogens with one attached hydrogen (secondary N) is 1. The van der Waals surface area contributed by atoms with Crippen LogP contribution in [-0.4, -0.2) is 24.8 Å². The van der Waals surface area contributed by atoms with Crippen LogP contribution in [0.5, 0.6) is 0 Å². The highest BCUT2D eigenvalue weighted by Crippen LogP contribution is 2.54. The molecule has 0 aliphatic heterocycles. The Morgan fingerprint density at radius 3 is 2.61 bits per heavy atom. The van der Waals surface area contributed by atoms with Crippen molar-refractivity contribution >= 4 is 0 Å². The fourth-order valence-electron chi connectivity index (χ4n) is 4.06. The van der Waals surface area contributed by atoms with Gasteiger partial charge in [-0.25, -0.2) is 0 Å². The summed E-state index contributed by atoms with van der Waals surface area (Å²) < 4.78 is 5.97. The Hall–Kier alpha value is -0.0800. The van der Waals surface area contributed by atoms with Gasteiger partial charge in [0.25, 0.3) is 0 Å². The van der Waals surface area contributed by atoms with E-state index in [1.807, 2.05) is 0 Å². The summed E-state index contributed by atoms with van der Waals surface area (Å²) in [6.45, 7) is 7.64. The second kappa shape index (κ2) is 6.38. The summed E-state index contributed by atoms with van der Waals surface area (Å²) in [5, 5.41) is 3.89. The molecule has 0 amide bonds. The average Bonchev–Trinajstić information content (AvgIpc) is 2.87.